The van der Waals surface area contributed by atoms with E-state index in [4.69, 9.17) is 14.2 Å². The van der Waals surface area contributed by atoms with Crippen molar-refractivity contribution in [3.8, 4) is 5.75 Å². The number of carbonyl (C=O) groups is 2. The lowest BCUT2D eigenvalue weighted by Gasteiger charge is -2.37. The number of hydrogen-bond acceptors (Lipinski definition) is 6. The van der Waals surface area contributed by atoms with Crippen molar-refractivity contribution in [3.05, 3.63) is 60.2 Å². The lowest BCUT2D eigenvalue weighted by atomic mass is 10.1. The van der Waals surface area contributed by atoms with E-state index in [1.165, 1.54) is 0 Å². The number of carbonyl (C=O) groups excluding carboxylic acids is 2. The van der Waals surface area contributed by atoms with Crippen molar-refractivity contribution in [2.75, 3.05) is 44.2 Å². The van der Waals surface area contributed by atoms with E-state index < -0.39 is 5.60 Å². The molecule has 2 aromatic carbocycles. The Morgan fingerprint density at radius 1 is 0.806 bits per heavy atom. The minimum Gasteiger partial charge on any atom is -0.488 e. The fourth-order valence-corrected chi connectivity index (χ4v) is 4.42. The Labute approximate surface area is 213 Å². The predicted octanol–water partition coefficient (Wildman–Crippen LogP) is 4.92. The number of piperidine rings is 1. The molecule has 0 N–H and O–H groups in total. The van der Waals surface area contributed by atoms with Gasteiger partial charge < -0.3 is 28.9 Å². The third-order valence-electron chi connectivity index (χ3n) is 6.34. The molecule has 0 aromatic heterocycles. The summed E-state index contributed by atoms with van der Waals surface area (Å²) in [5.74, 6) is 0.841. The van der Waals surface area contributed by atoms with Gasteiger partial charge in [0.2, 0.25) is 0 Å². The molecule has 4 rings (SSSR count). The van der Waals surface area contributed by atoms with Crippen molar-refractivity contribution in [2.45, 2.75) is 51.9 Å². The van der Waals surface area contributed by atoms with Gasteiger partial charge in [-0.05, 0) is 38.5 Å². The van der Waals surface area contributed by atoms with Crippen molar-refractivity contribution in [3.63, 3.8) is 0 Å². The molecule has 0 radical (unpaired) electrons. The van der Waals surface area contributed by atoms with E-state index in [-0.39, 0.29) is 24.9 Å². The average Bonchev–Trinajstić information content (AvgIpc) is 2.88. The Morgan fingerprint density at radius 3 is 2.08 bits per heavy atom. The zero-order valence-corrected chi connectivity index (χ0v) is 21.5. The Bertz CT molecular complexity index is 1010. The SMILES string of the molecule is CC(C)(C)OC(=O)N1CCC(Oc2ccccc2N2CCN(C(=O)OCc3ccccc3)CC2)CC1. The third-order valence-corrected chi connectivity index (χ3v) is 6.34. The summed E-state index contributed by atoms with van der Waals surface area (Å²) in [6, 6.07) is 17.8. The molecule has 8 heteroatoms. The average molecular weight is 496 g/mol. The Kier molecular flexibility index (Phi) is 8.23. The molecule has 194 valence electrons. The van der Waals surface area contributed by atoms with Gasteiger partial charge in [0.05, 0.1) is 5.69 Å². The van der Waals surface area contributed by atoms with E-state index in [0.29, 0.717) is 39.3 Å². The summed E-state index contributed by atoms with van der Waals surface area (Å²) >= 11 is 0. The van der Waals surface area contributed by atoms with Crippen LogP contribution in [0.2, 0.25) is 0 Å². The highest BCUT2D eigenvalue weighted by atomic mass is 16.6. The number of hydrogen-bond donors (Lipinski definition) is 0. The van der Waals surface area contributed by atoms with Crippen LogP contribution in [0, 0.1) is 0 Å². The van der Waals surface area contributed by atoms with Crippen molar-refractivity contribution in [1.29, 1.82) is 0 Å². The summed E-state index contributed by atoms with van der Waals surface area (Å²) in [6.07, 6.45) is 1.02. The largest absolute Gasteiger partial charge is 0.488 e. The number of para-hydroxylation sites is 2. The van der Waals surface area contributed by atoms with Gasteiger partial charge in [-0.3, -0.25) is 0 Å². The molecule has 8 nitrogen and oxygen atoms in total. The Morgan fingerprint density at radius 2 is 1.42 bits per heavy atom. The summed E-state index contributed by atoms with van der Waals surface area (Å²) in [7, 11) is 0. The second-order valence-corrected chi connectivity index (χ2v) is 10.3. The first-order valence-corrected chi connectivity index (χ1v) is 12.7. The van der Waals surface area contributed by atoms with Gasteiger partial charge in [-0.15, -0.1) is 0 Å². The molecule has 0 saturated carbocycles. The predicted molar refractivity (Wildman–Crippen MR) is 138 cm³/mol. The first kappa shape index (κ1) is 25.7. The van der Waals surface area contributed by atoms with Crippen LogP contribution in [0.25, 0.3) is 0 Å². The summed E-state index contributed by atoms with van der Waals surface area (Å²) in [4.78, 5) is 30.6. The number of anilines is 1. The van der Waals surface area contributed by atoms with Gasteiger partial charge in [-0.2, -0.15) is 0 Å². The summed E-state index contributed by atoms with van der Waals surface area (Å²) in [6.45, 7) is 9.75. The standard InChI is InChI=1S/C28H37N3O5/c1-28(2,3)36-27(33)30-15-13-23(14-16-30)35-25-12-8-7-11-24(25)29-17-19-31(20-18-29)26(32)34-21-22-9-5-4-6-10-22/h4-12,23H,13-21H2,1-3H3. The number of likely N-dealkylation sites (tertiary alicyclic amines) is 1. The van der Waals surface area contributed by atoms with E-state index in [1.54, 1.807) is 9.80 Å². The molecule has 0 atom stereocenters. The quantitative estimate of drug-likeness (QED) is 0.586. The molecule has 36 heavy (non-hydrogen) atoms. The van der Waals surface area contributed by atoms with Crippen LogP contribution in [0.3, 0.4) is 0 Å². The van der Waals surface area contributed by atoms with Crippen LogP contribution in [0.1, 0.15) is 39.2 Å². The molecule has 2 saturated heterocycles. The molecule has 0 bridgehead atoms. The van der Waals surface area contributed by atoms with Gasteiger partial charge in [-0.25, -0.2) is 9.59 Å². The molecule has 2 amide bonds. The van der Waals surface area contributed by atoms with Gasteiger partial charge in [-0.1, -0.05) is 42.5 Å². The Hall–Kier alpha value is -3.42. The normalized spacial score (nSPS) is 17.0. The number of piperazine rings is 1. The van der Waals surface area contributed by atoms with Gasteiger partial charge in [0, 0.05) is 52.1 Å². The van der Waals surface area contributed by atoms with Gasteiger partial charge >= 0.3 is 12.2 Å². The van der Waals surface area contributed by atoms with E-state index in [0.717, 1.165) is 29.8 Å². The molecule has 0 spiro atoms. The maximum absolute atomic E-state index is 12.5. The molecule has 0 unspecified atom stereocenters. The second kappa shape index (κ2) is 11.5. The number of amides is 2. The van der Waals surface area contributed by atoms with Crippen molar-refractivity contribution < 1.29 is 23.8 Å². The number of nitrogens with zero attached hydrogens (tertiary/aromatic N) is 3. The van der Waals surface area contributed by atoms with Crippen molar-refractivity contribution >= 4 is 17.9 Å². The summed E-state index contributed by atoms with van der Waals surface area (Å²) < 4.78 is 17.4. The summed E-state index contributed by atoms with van der Waals surface area (Å²) in [5.41, 5.74) is 1.52. The topological polar surface area (TPSA) is 71.5 Å². The van der Waals surface area contributed by atoms with Crippen LogP contribution >= 0.6 is 0 Å². The molecule has 2 aliphatic rings. The van der Waals surface area contributed by atoms with E-state index in [2.05, 4.69) is 11.0 Å². The number of rotatable bonds is 5. The fourth-order valence-electron chi connectivity index (χ4n) is 4.42. The fraction of sp³-hybridized carbons (Fsp3) is 0.500. The zero-order chi connectivity index (χ0) is 25.5. The monoisotopic (exact) mass is 495 g/mol. The lowest BCUT2D eigenvalue weighted by molar-refractivity contribution is 0.0127. The molecular formula is C28H37N3O5. The van der Waals surface area contributed by atoms with Crippen LogP contribution in [-0.4, -0.2) is 73.0 Å². The number of benzene rings is 2. The van der Waals surface area contributed by atoms with Crippen molar-refractivity contribution in [1.82, 2.24) is 9.80 Å². The van der Waals surface area contributed by atoms with Crippen LogP contribution in [0.4, 0.5) is 15.3 Å². The third kappa shape index (κ3) is 7.06. The van der Waals surface area contributed by atoms with Crippen molar-refractivity contribution in [2.24, 2.45) is 0 Å². The zero-order valence-electron chi connectivity index (χ0n) is 21.5. The van der Waals surface area contributed by atoms with Crippen LogP contribution in [0.5, 0.6) is 5.75 Å². The van der Waals surface area contributed by atoms with E-state index >= 15 is 0 Å². The van der Waals surface area contributed by atoms with Crippen LogP contribution in [-0.2, 0) is 16.1 Å². The smallest absolute Gasteiger partial charge is 0.410 e. The molecule has 2 heterocycles. The van der Waals surface area contributed by atoms with Gasteiger partial charge in [0.25, 0.3) is 0 Å². The molecular weight excluding hydrogens is 458 g/mol. The van der Waals surface area contributed by atoms with Crippen LogP contribution < -0.4 is 9.64 Å². The molecule has 2 aliphatic heterocycles. The second-order valence-electron chi connectivity index (χ2n) is 10.3. The maximum atomic E-state index is 12.5. The summed E-state index contributed by atoms with van der Waals surface area (Å²) in [5, 5.41) is 0. The molecule has 0 aliphatic carbocycles. The highest BCUT2D eigenvalue weighted by Gasteiger charge is 2.29. The minimum absolute atomic E-state index is 0.0408. The van der Waals surface area contributed by atoms with Gasteiger partial charge in [0.1, 0.15) is 24.1 Å². The Balaban J connectivity index is 1.26. The maximum Gasteiger partial charge on any atom is 0.410 e. The molecule has 2 aromatic rings. The first-order chi connectivity index (χ1) is 17.3. The van der Waals surface area contributed by atoms with Gasteiger partial charge in [0.15, 0.2) is 0 Å². The van der Waals surface area contributed by atoms with Crippen LogP contribution in [0.15, 0.2) is 54.6 Å². The highest BCUT2D eigenvalue weighted by molar-refractivity contribution is 5.69. The van der Waals surface area contributed by atoms with E-state index in [9.17, 15) is 9.59 Å². The lowest BCUT2D eigenvalue weighted by Crippen LogP contribution is -2.49. The highest BCUT2D eigenvalue weighted by Crippen LogP contribution is 2.31. The molecule has 2 fully saturated rings. The van der Waals surface area contributed by atoms with E-state index in [1.807, 2.05) is 69.3 Å². The first-order valence-electron chi connectivity index (χ1n) is 12.7. The minimum atomic E-state index is -0.494. The number of ether oxygens (including phenoxy) is 3.